The van der Waals surface area contributed by atoms with Crippen LogP contribution in [0.15, 0.2) is 39.9 Å². The zero-order valence-corrected chi connectivity index (χ0v) is 17.6. The number of aromatic nitrogens is 3. The molecule has 0 aliphatic carbocycles. The number of aryl methyl sites for hydroxylation is 1. The molecule has 0 radical (unpaired) electrons. The predicted octanol–water partition coefficient (Wildman–Crippen LogP) is 1.34. The molecule has 0 aliphatic rings. The first kappa shape index (κ1) is 22.6. The van der Waals surface area contributed by atoms with E-state index < -0.39 is 28.6 Å². The second-order valence-electron chi connectivity index (χ2n) is 7.88. The van der Waals surface area contributed by atoms with Gasteiger partial charge in [-0.25, -0.2) is 9.78 Å². The van der Waals surface area contributed by atoms with Crippen molar-refractivity contribution in [3.05, 3.63) is 90.6 Å². The van der Waals surface area contributed by atoms with Crippen molar-refractivity contribution in [3.8, 4) is 6.07 Å². The van der Waals surface area contributed by atoms with Crippen LogP contribution >= 0.6 is 0 Å². The number of rotatable bonds is 5. The van der Waals surface area contributed by atoms with Gasteiger partial charge in [-0.15, -0.1) is 0 Å². The Morgan fingerprint density at radius 2 is 1.97 bits per heavy atom. The lowest BCUT2D eigenvalue weighted by Gasteiger charge is -2.23. The van der Waals surface area contributed by atoms with Crippen LogP contribution in [-0.2, 0) is 12.1 Å². The Morgan fingerprint density at radius 3 is 2.56 bits per heavy atom. The van der Waals surface area contributed by atoms with Crippen LogP contribution in [0.4, 0.5) is 10.2 Å². The van der Waals surface area contributed by atoms with Crippen molar-refractivity contribution in [2.75, 3.05) is 5.73 Å². The number of H-pyrrole nitrogens is 1. The fraction of sp³-hybridized carbons (Fsp3) is 0.227. The van der Waals surface area contributed by atoms with Crippen LogP contribution in [0.25, 0.3) is 0 Å². The number of pyridine rings is 1. The number of halogens is 1. The van der Waals surface area contributed by atoms with Gasteiger partial charge in [-0.1, -0.05) is 0 Å². The second-order valence-corrected chi connectivity index (χ2v) is 7.88. The quantitative estimate of drug-likeness (QED) is 0.402. The molecule has 0 saturated heterocycles. The van der Waals surface area contributed by atoms with E-state index in [0.29, 0.717) is 5.56 Å². The van der Waals surface area contributed by atoms with E-state index in [2.05, 4.69) is 9.97 Å². The van der Waals surface area contributed by atoms with Crippen molar-refractivity contribution >= 4 is 11.6 Å². The van der Waals surface area contributed by atoms with E-state index in [1.54, 1.807) is 13.0 Å². The second kappa shape index (κ2) is 8.20. The summed E-state index contributed by atoms with van der Waals surface area (Å²) in [5.74, 6) is -1.77. The maximum atomic E-state index is 13.7. The monoisotopic (exact) mass is 437 g/mol. The van der Waals surface area contributed by atoms with E-state index >= 15 is 0 Å². The van der Waals surface area contributed by atoms with Gasteiger partial charge in [0.15, 0.2) is 0 Å². The molecule has 0 saturated carbocycles. The third-order valence-electron chi connectivity index (χ3n) is 4.71. The lowest BCUT2D eigenvalue weighted by atomic mass is 9.92. The number of nitrogen functional groups attached to an aromatic ring is 1. The van der Waals surface area contributed by atoms with Gasteiger partial charge in [0.1, 0.15) is 11.5 Å². The number of nitriles is 1. The molecule has 0 bridgehead atoms. The standard InChI is InChI=1S/C22H20FN5O4/c1-11-4-12(9-24)6-14(5-11)19(29)18-17(22(2,3)32)20(30)27-21(31)28(18)10-13-7-15(23)26-16(25)8-13/h4-8,32H,10H2,1-3H3,(H2,25,26)(H,27,30,31). The van der Waals surface area contributed by atoms with Gasteiger partial charge in [0.2, 0.25) is 11.7 Å². The number of hydrogen-bond donors (Lipinski definition) is 3. The molecule has 3 rings (SSSR count). The molecule has 0 aliphatic heterocycles. The van der Waals surface area contributed by atoms with Crippen molar-refractivity contribution in [1.82, 2.24) is 14.5 Å². The Bertz CT molecular complexity index is 1370. The van der Waals surface area contributed by atoms with Crippen molar-refractivity contribution < 1.29 is 14.3 Å². The molecule has 9 nitrogen and oxygen atoms in total. The lowest BCUT2D eigenvalue weighted by Crippen LogP contribution is -2.42. The summed E-state index contributed by atoms with van der Waals surface area (Å²) in [5.41, 5.74) is 2.26. The predicted molar refractivity (Wildman–Crippen MR) is 114 cm³/mol. The molecule has 4 N–H and O–H groups in total. The number of ketones is 1. The molecule has 0 unspecified atom stereocenters. The summed E-state index contributed by atoms with van der Waals surface area (Å²) in [6.07, 6.45) is 0. The van der Waals surface area contributed by atoms with Gasteiger partial charge in [-0.3, -0.25) is 19.1 Å². The molecule has 0 amide bonds. The van der Waals surface area contributed by atoms with Crippen LogP contribution in [0.1, 0.15) is 52.2 Å². The van der Waals surface area contributed by atoms with Gasteiger partial charge >= 0.3 is 5.69 Å². The average molecular weight is 437 g/mol. The number of anilines is 1. The van der Waals surface area contributed by atoms with E-state index in [1.807, 2.05) is 6.07 Å². The Kier molecular flexibility index (Phi) is 5.79. The van der Waals surface area contributed by atoms with Gasteiger partial charge in [-0.2, -0.15) is 9.65 Å². The summed E-state index contributed by atoms with van der Waals surface area (Å²) in [4.78, 5) is 44.4. The molecule has 0 atom stereocenters. The number of nitrogens with one attached hydrogen (secondary N) is 1. The van der Waals surface area contributed by atoms with E-state index in [0.717, 1.165) is 10.6 Å². The smallest absolute Gasteiger partial charge is 0.329 e. The maximum absolute atomic E-state index is 13.7. The summed E-state index contributed by atoms with van der Waals surface area (Å²) in [6.45, 7) is 3.94. The van der Waals surface area contributed by atoms with Gasteiger partial charge < -0.3 is 10.8 Å². The van der Waals surface area contributed by atoms with Crippen LogP contribution in [0.2, 0.25) is 0 Å². The Hall–Kier alpha value is -4.10. The molecule has 10 heteroatoms. The van der Waals surface area contributed by atoms with E-state index in [4.69, 9.17) is 5.73 Å². The van der Waals surface area contributed by atoms with Crippen LogP contribution in [-0.4, -0.2) is 25.4 Å². The third-order valence-corrected chi connectivity index (χ3v) is 4.71. The number of carbonyl (C=O) groups is 1. The molecule has 2 aromatic heterocycles. The summed E-state index contributed by atoms with van der Waals surface area (Å²) < 4.78 is 14.7. The number of benzene rings is 1. The van der Waals surface area contributed by atoms with Crippen LogP contribution in [0.3, 0.4) is 0 Å². The zero-order chi connectivity index (χ0) is 23.8. The third kappa shape index (κ3) is 4.48. The van der Waals surface area contributed by atoms with Gasteiger partial charge in [0, 0.05) is 5.56 Å². The van der Waals surface area contributed by atoms with Crippen LogP contribution in [0, 0.1) is 24.2 Å². The van der Waals surface area contributed by atoms with Gasteiger partial charge in [-0.05, 0) is 62.2 Å². The lowest BCUT2D eigenvalue weighted by molar-refractivity contribution is 0.0729. The largest absolute Gasteiger partial charge is 0.385 e. The van der Waals surface area contributed by atoms with Gasteiger partial charge in [0.05, 0.1) is 29.3 Å². The van der Waals surface area contributed by atoms with Crippen LogP contribution in [0.5, 0.6) is 0 Å². The summed E-state index contributed by atoms with van der Waals surface area (Å²) in [7, 11) is 0. The van der Waals surface area contributed by atoms with E-state index in [9.17, 15) is 29.1 Å². The fourth-order valence-electron chi connectivity index (χ4n) is 3.49. The topological polar surface area (TPSA) is 155 Å². The minimum Gasteiger partial charge on any atom is -0.385 e. The number of nitrogens with zero attached hydrogens (tertiary/aromatic N) is 3. The molecule has 1 aromatic carbocycles. The molecule has 3 aromatic rings. The number of carbonyl (C=O) groups excluding carboxylic acids is 1. The van der Waals surface area contributed by atoms with Crippen molar-refractivity contribution in [2.24, 2.45) is 0 Å². The number of aliphatic hydroxyl groups is 1. The Balaban J connectivity index is 2.35. The highest BCUT2D eigenvalue weighted by Gasteiger charge is 2.31. The van der Waals surface area contributed by atoms with Crippen molar-refractivity contribution in [3.63, 3.8) is 0 Å². The maximum Gasteiger partial charge on any atom is 0.329 e. The minimum absolute atomic E-state index is 0.0474. The highest BCUT2D eigenvalue weighted by atomic mass is 19.1. The van der Waals surface area contributed by atoms with Crippen LogP contribution < -0.4 is 17.0 Å². The summed E-state index contributed by atoms with van der Waals surface area (Å²) in [5, 5.41) is 19.9. The van der Waals surface area contributed by atoms with Crippen molar-refractivity contribution in [2.45, 2.75) is 32.9 Å². The Labute approximate surface area is 181 Å². The molecule has 164 valence electrons. The van der Waals surface area contributed by atoms with Crippen molar-refractivity contribution in [1.29, 1.82) is 5.26 Å². The number of aromatic amines is 1. The molecule has 2 heterocycles. The minimum atomic E-state index is -1.81. The van der Waals surface area contributed by atoms with E-state index in [1.165, 1.54) is 32.0 Å². The Morgan fingerprint density at radius 1 is 1.28 bits per heavy atom. The highest BCUT2D eigenvalue weighted by Crippen LogP contribution is 2.23. The summed E-state index contributed by atoms with van der Waals surface area (Å²) >= 11 is 0. The molecular formula is C22H20FN5O4. The van der Waals surface area contributed by atoms with Gasteiger partial charge in [0.25, 0.3) is 5.56 Å². The first-order valence-electron chi connectivity index (χ1n) is 9.49. The molecule has 0 fully saturated rings. The molecular weight excluding hydrogens is 417 g/mol. The number of nitrogens with two attached hydrogens (primary N) is 1. The molecule has 32 heavy (non-hydrogen) atoms. The first-order chi connectivity index (χ1) is 14.9. The van der Waals surface area contributed by atoms with E-state index in [-0.39, 0.29) is 40.3 Å². The number of hydrogen-bond acceptors (Lipinski definition) is 7. The molecule has 0 spiro atoms. The first-order valence-corrected chi connectivity index (χ1v) is 9.49. The normalized spacial score (nSPS) is 11.2. The summed E-state index contributed by atoms with van der Waals surface area (Å²) in [6, 6.07) is 8.69. The SMILES string of the molecule is Cc1cc(C#N)cc(C(=O)c2c(C(C)(C)O)c(=O)[nH]c(=O)n2Cc2cc(N)nc(F)c2)c1. The highest BCUT2D eigenvalue weighted by molar-refractivity contribution is 6.09. The fourth-order valence-corrected chi connectivity index (χ4v) is 3.49. The average Bonchev–Trinajstić information content (AvgIpc) is 2.66. The zero-order valence-electron chi connectivity index (χ0n) is 17.6.